The number of allylic oxidation sites excluding steroid dienone is 4. The van der Waals surface area contributed by atoms with E-state index in [9.17, 15) is 0 Å². The van der Waals surface area contributed by atoms with E-state index in [2.05, 4.69) is 36.9 Å². The van der Waals surface area contributed by atoms with Gasteiger partial charge in [-0.25, -0.2) is 0 Å². The van der Waals surface area contributed by atoms with E-state index >= 15 is 0 Å². The molecule has 0 bridgehead atoms. The highest BCUT2D eigenvalue weighted by atomic mass is 32.2. The molecule has 0 aromatic carbocycles. The van der Waals surface area contributed by atoms with Crippen LogP contribution in [0, 0.1) is 5.92 Å². The van der Waals surface area contributed by atoms with Crippen molar-refractivity contribution in [2.45, 2.75) is 50.7 Å². The summed E-state index contributed by atoms with van der Waals surface area (Å²) in [6, 6.07) is 0. The van der Waals surface area contributed by atoms with Crippen molar-refractivity contribution in [1.29, 1.82) is 0 Å². The maximum atomic E-state index is 2.39. The quantitative estimate of drug-likeness (QED) is 0.642. The Morgan fingerprint density at radius 2 is 2.00 bits per heavy atom. The standard InChI is InChI=1S/C13H20S/c1-11-7-9-13(10-8-11)14-12-5-3-2-4-6-12/h2-3,5,11,13H,4,6-10H2,1H3. The van der Waals surface area contributed by atoms with Crippen LogP contribution in [0.2, 0.25) is 0 Å². The lowest BCUT2D eigenvalue weighted by molar-refractivity contribution is 0.393. The van der Waals surface area contributed by atoms with Crippen LogP contribution in [0.4, 0.5) is 0 Å². The molecule has 1 heteroatoms. The van der Waals surface area contributed by atoms with Gasteiger partial charge in [-0.2, -0.15) is 0 Å². The van der Waals surface area contributed by atoms with Crippen molar-refractivity contribution in [2.24, 2.45) is 5.92 Å². The van der Waals surface area contributed by atoms with E-state index in [1.54, 1.807) is 4.91 Å². The van der Waals surface area contributed by atoms with Crippen LogP contribution in [0.3, 0.4) is 0 Å². The average molecular weight is 208 g/mol. The normalized spacial score (nSPS) is 32.8. The van der Waals surface area contributed by atoms with Crippen molar-refractivity contribution >= 4 is 11.8 Å². The Hall–Kier alpha value is -0.170. The molecule has 0 N–H and O–H groups in total. The van der Waals surface area contributed by atoms with Crippen LogP contribution in [0.5, 0.6) is 0 Å². The summed E-state index contributed by atoms with van der Waals surface area (Å²) >= 11 is 2.15. The first-order valence-electron chi connectivity index (χ1n) is 5.87. The van der Waals surface area contributed by atoms with E-state index in [0.29, 0.717) is 0 Å². The molecule has 14 heavy (non-hydrogen) atoms. The summed E-state index contributed by atoms with van der Waals surface area (Å²) < 4.78 is 0. The van der Waals surface area contributed by atoms with Gasteiger partial charge in [0, 0.05) is 5.25 Å². The predicted octanol–water partition coefficient (Wildman–Crippen LogP) is 4.53. The Balaban J connectivity index is 1.80. The van der Waals surface area contributed by atoms with Crippen molar-refractivity contribution < 1.29 is 0 Å². The largest absolute Gasteiger partial charge is 0.127 e. The summed E-state index contributed by atoms with van der Waals surface area (Å²) in [5.74, 6) is 0.979. The van der Waals surface area contributed by atoms with Gasteiger partial charge in [-0.3, -0.25) is 0 Å². The highest BCUT2D eigenvalue weighted by Crippen LogP contribution is 2.37. The summed E-state index contributed by atoms with van der Waals surface area (Å²) in [6.07, 6.45) is 15.1. The Bertz CT molecular complexity index is 232. The predicted molar refractivity (Wildman–Crippen MR) is 65.5 cm³/mol. The van der Waals surface area contributed by atoms with Gasteiger partial charge in [0.2, 0.25) is 0 Å². The molecule has 0 amide bonds. The Morgan fingerprint density at radius 1 is 1.21 bits per heavy atom. The van der Waals surface area contributed by atoms with Crippen LogP contribution in [0.25, 0.3) is 0 Å². The van der Waals surface area contributed by atoms with Crippen LogP contribution >= 0.6 is 11.8 Å². The first-order valence-corrected chi connectivity index (χ1v) is 6.75. The third-order valence-corrected chi connectivity index (χ3v) is 4.70. The van der Waals surface area contributed by atoms with Gasteiger partial charge in [-0.05, 0) is 49.3 Å². The molecule has 0 unspecified atom stereocenters. The number of rotatable bonds is 2. The Kier molecular flexibility index (Phi) is 3.74. The number of hydrogen-bond acceptors (Lipinski definition) is 1. The lowest BCUT2D eigenvalue weighted by Gasteiger charge is -2.26. The summed E-state index contributed by atoms with van der Waals surface area (Å²) in [4.78, 5) is 1.62. The molecule has 0 saturated heterocycles. The molecule has 2 aliphatic carbocycles. The molecule has 78 valence electrons. The molecule has 1 fully saturated rings. The van der Waals surface area contributed by atoms with Crippen LogP contribution in [0.1, 0.15) is 45.4 Å². The zero-order chi connectivity index (χ0) is 9.80. The summed E-state index contributed by atoms with van der Waals surface area (Å²) in [5.41, 5.74) is 0. The second-order valence-electron chi connectivity index (χ2n) is 4.60. The third-order valence-electron chi connectivity index (χ3n) is 3.26. The molecule has 0 nitrogen and oxygen atoms in total. The zero-order valence-corrected chi connectivity index (χ0v) is 9.85. The minimum atomic E-state index is 0.920. The van der Waals surface area contributed by atoms with E-state index in [1.165, 1.54) is 38.5 Å². The van der Waals surface area contributed by atoms with Gasteiger partial charge >= 0.3 is 0 Å². The topological polar surface area (TPSA) is 0 Å². The molecule has 0 radical (unpaired) electrons. The zero-order valence-electron chi connectivity index (χ0n) is 9.04. The van der Waals surface area contributed by atoms with Gasteiger partial charge in [0.25, 0.3) is 0 Å². The second kappa shape index (κ2) is 5.06. The fourth-order valence-electron chi connectivity index (χ4n) is 2.24. The van der Waals surface area contributed by atoms with Crippen molar-refractivity contribution in [3.8, 4) is 0 Å². The van der Waals surface area contributed by atoms with Crippen LogP contribution < -0.4 is 0 Å². The van der Waals surface area contributed by atoms with Gasteiger partial charge < -0.3 is 0 Å². The molecule has 0 atom stereocenters. The molecule has 0 aliphatic heterocycles. The van der Waals surface area contributed by atoms with E-state index in [-0.39, 0.29) is 0 Å². The molecule has 0 aromatic rings. The van der Waals surface area contributed by atoms with E-state index in [0.717, 1.165) is 11.2 Å². The monoisotopic (exact) mass is 208 g/mol. The number of hydrogen-bond donors (Lipinski definition) is 0. The first-order chi connectivity index (χ1) is 6.84. The van der Waals surface area contributed by atoms with E-state index in [4.69, 9.17) is 0 Å². The van der Waals surface area contributed by atoms with Gasteiger partial charge in [0.05, 0.1) is 0 Å². The van der Waals surface area contributed by atoms with Gasteiger partial charge in [0.15, 0.2) is 0 Å². The molecular weight excluding hydrogens is 188 g/mol. The summed E-state index contributed by atoms with van der Waals surface area (Å²) in [5, 5.41) is 0.920. The molecule has 1 saturated carbocycles. The van der Waals surface area contributed by atoms with Crippen LogP contribution in [0.15, 0.2) is 23.1 Å². The fourth-order valence-corrected chi connectivity index (χ4v) is 3.57. The highest BCUT2D eigenvalue weighted by molar-refractivity contribution is 8.03. The molecule has 0 heterocycles. The second-order valence-corrected chi connectivity index (χ2v) is 6.03. The highest BCUT2D eigenvalue weighted by Gasteiger charge is 2.19. The maximum absolute atomic E-state index is 2.39. The van der Waals surface area contributed by atoms with Crippen LogP contribution in [-0.2, 0) is 0 Å². The lowest BCUT2D eigenvalue weighted by Crippen LogP contribution is -2.14. The molecular formula is C13H20S. The maximum Gasteiger partial charge on any atom is 0.00913 e. The van der Waals surface area contributed by atoms with Crippen molar-refractivity contribution in [2.75, 3.05) is 0 Å². The SMILES string of the molecule is CC1CCC(SC2=CC=CCC2)CC1. The van der Waals surface area contributed by atoms with Crippen molar-refractivity contribution in [3.63, 3.8) is 0 Å². The Morgan fingerprint density at radius 3 is 2.64 bits per heavy atom. The minimum Gasteiger partial charge on any atom is -0.127 e. The van der Waals surface area contributed by atoms with E-state index in [1.807, 2.05) is 0 Å². The third kappa shape index (κ3) is 2.91. The molecule has 0 spiro atoms. The van der Waals surface area contributed by atoms with Crippen LogP contribution in [-0.4, -0.2) is 5.25 Å². The van der Waals surface area contributed by atoms with Crippen molar-refractivity contribution in [1.82, 2.24) is 0 Å². The number of thioether (sulfide) groups is 1. The summed E-state index contributed by atoms with van der Waals surface area (Å²) in [6.45, 7) is 2.39. The summed E-state index contributed by atoms with van der Waals surface area (Å²) in [7, 11) is 0. The molecule has 2 aliphatic rings. The van der Waals surface area contributed by atoms with Gasteiger partial charge in [-0.15, -0.1) is 11.8 Å². The average Bonchev–Trinajstić information content (AvgIpc) is 2.23. The minimum absolute atomic E-state index is 0.920. The van der Waals surface area contributed by atoms with Crippen molar-refractivity contribution in [3.05, 3.63) is 23.1 Å². The Labute approximate surface area is 91.9 Å². The molecule has 2 rings (SSSR count). The van der Waals surface area contributed by atoms with Gasteiger partial charge in [-0.1, -0.05) is 25.2 Å². The van der Waals surface area contributed by atoms with Gasteiger partial charge in [0.1, 0.15) is 0 Å². The smallest absolute Gasteiger partial charge is 0.00913 e. The first kappa shape index (κ1) is 10.4. The lowest BCUT2D eigenvalue weighted by atomic mass is 9.91. The molecule has 0 aromatic heterocycles. The fraction of sp³-hybridized carbons (Fsp3) is 0.692. The van der Waals surface area contributed by atoms with E-state index < -0.39 is 0 Å².